The molecule has 86 valence electrons. The summed E-state index contributed by atoms with van der Waals surface area (Å²) in [7, 11) is 2.20. The lowest BCUT2D eigenvalue weighted by Crippen LogP contribution is -2.13. The lowest BCUT2D eigenvalue weighted by Gasteiger charge is -2.13. The van der Waals surface area contributed by atoms with Crippen LogP contribution in [0.2, 0.25) is 0 Å². The second kappa shape index (κ2) is 4.84. The first kappa shape index (κ1) is 11.4. The van der Waals surface area contributed by atoms with Crippen molar-refractivity contribution in [3.8, 4) is 0 Å². The first-order valence-electron chi connectivity index (χ1n) is 6.18. The van der Waals surface area contributed by atoms with E-state index in [4.69, 9.17) is 0 Å². The molecular weight excluding hydrogens is 194 g/mol. The Morgan fingerprint density at radius 3 is 2.88 bits per heavy atom. The molecule has 0 aliphatic carbocycles. The summed E-state index contributed by atoms with van der Waals surface area (Å²) in [6.07, 6.45) is 4.37. The minimum Gasteiger partial charge on any atom is -0.306 e. The molecule has 1 fully saturated rings. The molecule has 2 rings (SSSR count). The van der Waals surface area contributed by atoms with Crippen LogP contribution in [0.15, 0.2) is 24.8 Å². The Hall–Kier alpha value is -1.08. The van der Waals surface area contributed by atoms with E-state index in [-0.39, 0.29) is 0 Å². The maximum absolute atomic E-state index is 3.91. The zero-order valence-electron chi connectivity index (χ0n) is 10.4. The fourth-order valence-corrected chi connectivity index (χ4v) is 2.59. The van der Waals surface area contributed by atoms with Gasteiger partial charge in [0, 0.05) is 6.54 Å². The minimum atomic E-state index is 0.717. The summed E-state index contributed by atoms with van der Waals surface area (Å²) in [5.74, 6) is 0.717. The van der Waals surface area contributed by atoms with E-state index in [1.807, 2.05) is 6.08 Å². The molecule has 1 aromatic rings. The van der Waals surface area contributed by atoms with Crippen LogP contribution >= 0.6 is 0 Å². The molecule has 0 bridgehead atoms. The van der Waals surface area contributed by atoms with Crippen molar-refractivity contribution < 1.29 is 0 Å². The number of nitrogens with zero attached hydrogens (tertiary/aromatic N) is 1. The van der Waals surface area contributed by atoms with Crippen molar-refractivity contribution in [3.63, 3.8) is 0 Å². The van der Waals surface area contributed by atoms with Crippen LogP contribution in [-0.2, 0) is 6.42 Å². The molecule has 0 spiro atoms. The van der Waals surface area contributed by atoms with Crippen LogP contribution < -0.4 is 0 Å². The van der Waals surface area contributed by atoms with Gasteiger partial charge in [-0.05, 0) is 49.0 Å². The molecule has 0 amide bonds. The Kier molecular flexibility index (Phi) is 3.45. The predicted octanol–water partition coefficient (Wildman–Crippen LogP) is 3.31. The average Bonchev–Trinajstić information content (AvgIpc) is 2.75. The highest BCUT2D eigenvalue weighted by Crippen LogP contribution is 2.28. The van der Waals surface area contributed by atoms with Crippen molar-refractivity contribution in [3.05, 3.63) is 41.5 Å². The summed E-state index contributed by atoms with van der Waals surface area (Å²) in [6, 6.07) is 6.90. The van der Waals surface area contributed by atoms with Crippen molar-refractivity contribution in [1.82, 2.24) is 4.90 Å². The maximum atomic E-state index is 3.91. The van der Waals surface area contributed by atoms with E-state index in [0.29, 0.717) is 0 Å². The van der Waals surface area contributed by atoms with Gasteiger partial charge in [0.25, 0.3) is 0 Å². The molecule has 1 heterocycles. The van der Waals surface area contributed by atoms with Gasteiger partial charge in [0.15, 0.2) is 0 Å². The number of likely N-dealkylation sites (tertiary alicyclic amines) is 1. The Bertz CT molecular complexity index is 381. The predicted molar refractivity (Wildman–Crippen MR) is 70.8 cm³/mol. The number of aryl methyl sites for hydroxylation is 1. The molecule has 1 nitrogen and oxygen atoms in total. The van der Waals surface area contributed by atoms with Crippen LogP contribution in [0.1, 0.15) is 36.0 Å². The monoisotopic (exact) mass is 215 g/mol. The average molecular weight is 215 g/mol. The lowest BCUT2D eigenvalue weighted by atomic mass is 9.93. The normalized spacial score (nSPS) is 21.2. The molecule has 0 saturated carbocycles. The van der Waals surface area contributed by atoms with E-state index in [1.165, 1.54) is 36.2 Å². The van der Waals surface area contributed by atoms with Crippen LogP contribution in [-0.4, -0.2) is 25.0 Å². The summed E-state index contributed by atoms with van der Waals surface area (Å²) < 4.78 is 0. The fraction of sp³-hybridized carbons (Fsp3) is 0.467. The standard InChI is InChI=1S/C15H21N/c1-4-12-6-7-14(10-13(12)5-2)15-8-9-16(3)11-15/h5-7,10,15H,2,4,8-9,11H2,1,3H3. The third kappa shape index (κ3) is 2.19. The zero-order valence-corrected chi connectivity index (χ0v) is 10.4. The van der Waals surface area contributed by atoms with Crippen LogP contribution in [0.4, 0.5) is 0 Å². The smallest absolute Gasteiger partial charge is 0.00477 e. The topological polar surface area (TPSA) is 3.24 Å². The molecular formula is C15H21N. The third-order valence-electron chi connectivity index (χ3n) is 3.63. The molecule has 16 heavy (non-hydrogen) atoms. The maximum Gasteiger partial charge on any atom is 0.00477 e. The molecule has 0 aromatic heterocycles. The molecule has 1 unspecified atom stereocenters. The number of likely N-dealkylation sites (N-methyl/N-ethyl adjacent to an activating group) is 1. The number of hydrogen-bond donors (Lipinski definition) is 0. The van der Waals surface area contributed by atoms with Gasteiger partial charge >= 0.3 is 0 Å². The van der Waals surface area contributed by atoms with Gasteiger partial charge in [-0.2, -0.15) is 0 Å². The highest BCUT2D eigenvalue weighted by Gasteiger charge is 2.21. The van der Waals surface area contributed by atoms with E-state index in [1.54, 1.807) is 0 Å². The van der Waals surface area contributed by atoms with Gasteiger partial charge in [-0.1, -0.05) is 37.8 Å². The highest BCUT2D eigenvalue weighted by atomic mass is 15.1. The van der Waals surface area contributed by atoms with Crippen LogP contribution in [0.25, 0.3) is 6.08 Å². The Balaban J connectivity index is 2.25. The molecule has 1 aliphatic heterocycles. The SMILES string of the molecule is C=Cc1cc(C2CCN(C)C2)ccc1CC. The third-order valence-corrected chi connectivity index (χ3v) is 3.63. The van der Waals surface area contributed by atoms with E-state index < -0.39 is 0 Å². The van der Waals surface area contributed by atoms with Crippen LogP contribution in [0.3, 0.4) is 0 Å². The number of hydrogen-bond acceptors (Lipinski definition) is 1. The van der Waals surface area contributed by atoms with Crippen molar-refractivity contribution in [2.45, 2.75) is 25.7 Å². The van der Waals surface area contributed by atoms with Gasteiger partial charge < -0.3 is 4.90 Å². The zero-order chi connectivity index (χ0) is 11.5. The van der Waals surface area contributed by atoms with Gasteiger partial charge in [0.1, 0.15) is 0 Å². The number of benzene rings is 1. The first-order chi connectivity index (χ1) is 7.74. The van der Waals surface area contributed by atoms with Gasteiger partial charge in [-0.25, -0.2) is 0 Å². The molecule has 1 atom stereocenters. The Labute approximate surface area is 98.8 Å². The van der Waals surface area contributed by atoms with E-state index >= 15 is 0 Å². The summed E-state index contributed by atoms with van der Waals surface area (Å²) in [6.45, 7) is 8.53. The summed E-state index contributed by atoms with van der Waals surface area (Å²) >= 11 is 0. The largest absolute Gasteiger partial charge is 0.306 e. The molecule has 0 radical (unpaired) electrons. The highest BCUT2D eigenvalue weighted by molar-refractivity contribution is 5.53. The second-order valence-electron chi connectivity index (χ2n) is 4.76. The minimum absolute atomic E-state index is 0.717. The summed E-state index contributed by atoms with van der Waals surface area (Å²) in [5, 5.41) is 0. The first-order valence-corrected chi connectivity index (χ1v) is 6.18. The molecule has 0 N–H and O–H groups in total. The van der Waals surface area contributed by atoms with Gasteiger partial charge in [-0.15, -0.1) is 0 Å². The van der Waals surface area contributed by atoms with Gasteiger partial charge in [0.05, 0.1) is 0 Å². The fourth-order valence-electron chi connectivity index (χ4n) is 2.59. The quantitative estimate of drug-likeness (QED) is 0.747. The number of rotatable bonds is 3. The van der Waals surface area contributed by atoms with E-state index in [2.05, 4.69) is 43.6 Å². The Morgan fingerprint density at radius 2 is 2.31 bits per heavy atom. The van der Waals surface area contributed by atoms with E-state index in [9.17, 15) is 0 Å². The molecule has 1 aromatic carbocycles. The molecule has 1 saturated heterocycles. The van der Waals surface area contributed by atoms with Crippen molar-refractivity contribution in [2.75, 3.05) is 20.1 Å². The molecule has 1 aliphatic rings. The van der Waals surface area contributed by atoms with Crippen molar-refractivity contribution in [1.29, 1.82) is 0 Å². The van der Waals surface area contributed by atoms with Crippen molar-refractivity contribution >= 4 is 6.08 Å². The second-order valence-corrected chi connectivity index (χ2v) is 4.76. The molecule has 1 heteroatoms. The van der Waals surface area contributed by atoms with Crippen LogP contribution in [0.5, 0.6) is 0 Å². The summed E-state index contributed by atoms with van der Waals surface area (Å²) in [5.41, 5.74) is 4.20. The van der Waals surface area contributed by atoms with Gasteiger partial charge in [-0.3, -0.25) is 0 Å². The van der Waals surface area contributed by atoms with Crippen molar-refractivity contribution in [2.24, 2.45) is 0 Å². The van der Waals surface area contributed by atoms with E-state index in [0.717, 1.165) is 12.3 Å². The Morgan fingerprint density at radius 1 is 1.50 bits per heavy atom. The van der Waals surface area contributed by atoms with Crippen LogP contribution in [0, 0.1) is 0 Å². The lowest BCUT2D eigenvalue weighted by molar-refractivity contribution is 0.411. The summed E-state index contributed by atoms with van der Waals surface area (Å²) in [4.78, 5) is 2.41. The van der Waals surface area contributed by atoms with Gasteiger partial charge in [0.2, 0.25) is 0 Å².